The molecule has 1 saturated carbocycles. The monoisotopic (exact) mass is 319 g/mol. The number of hydrogen-bond donors (Lipinski definition) is 2. The number of likely N-dealkylation sites (tertiary alicyclic amines) is 1. The van der Waals surface area contributed by atoms with Crippen LogP contribution in [0.15, 0.2) is 18.2 Å². The van der Waals surface area contributed by atoms with Crippen LogP contribution in [0.2, 0.25) is 0 Å². The number of nitrogens with zero attached hydrogens (tertiary/aromatic N) is 1. The van der Waals surface area contributed by atoms with E-state index < -0.39 is 22.8 Å². The fraction of sp³-hybridized carbons (Fsp3) is 0.529. The highest BCUT2D eigenvalue weighted by molar-refractivity contribution is 5.94. The first-order chi connectivity index (χ1) is 10.8. The number of carbonyl (C=O) groups is 2. The van der Waals surface area contributed by atoms with Gasteiger partial charge in [0, 0.05) is 19.6 Å². The number of hydrogen-bond acceptors (Lipinski definition) is 4. The number of carboxylic acids is 2. The normalized spacial score (nSPS) is 29.1. The second kappa shape index (κ2) is 5.23. The second-order valence-electron chi connectivity index (χ2n) is 6.78. The zero-order chi connectivity index (χ0) is 16.8. The first kappa shape index (κ1) is 15.8. The summed E-state index contributed by atoms with van der Waals surface area (Å²) in [7, 11) is 0. The van der Waals surface area contributed by atoms with Crippen LogP contribution >= 0.6 is 0 Å². The molecule has 3 rings (SSSR count). The number of carboxylic acid groups (broad SMARTS) is 2. The zero-order valence-electron chi connectivity index (χ0n) is 13.3. The van der Waals surface area contributed by atoms with Crippen molar-refractivity contribution in [1.29, 1.82) is 0 Å². The van der Waals surface area contributed by atoms with Crippen LogP contribution in [-0.2, 0) is 9.59 Å². The first-order valence-electron chi connectivity index (χ1n) is 7.70. The van der Waals surface area contributed by atoms with E-state index in [1.165, 1.54) is 5.56 Å². The van der Waals surface area contributed by atoms with E-state index in [9.17, 15) is 19.8 Å². The minimum atomic E-state index is -1.11. The summed E-state index contributed by atoms with van der Waals surface area (Å²) in [6.07, 6.45) is 0.235. The highest BCUT2D eigenvalue weighted by atomic mass is 16.5. The zero-order valence-corrected chi connectivity index (χ0v) is 13.3. The van der Waals surface area contributed by atoms with Crippen molar-refractivity contribution in [3.8, 4) is 5.75 Å². The predicted octanol–water partition coefficient (Wildman–Crippen LogP) is 1.54. The van der Waals surface area contributed by atoms with Crippen molar-refractivity contribution < 1.29 is 24.5 Å². The summed E-state index contributed by atoms with van der Waals surface area (Å²) < 4.78 is 5.75. The predicted molar refractivity (Wildman–Crippen MR) is 82.6 cm³/mol. The SMILES string of the molecule is Cc1ccc(OCCN2C[C@@]3(C(=O)O)C[C@@]3(C(=O)O)C2)c(C)c1. The Bertz CT molecular complexity index is 645. The maximum Gasteiger partial charge on any atom is 0.312 e. The summed E-state index contributed by atoms with van der Waals surface area (Å²) >= 11 is 0. The van der Waals surface area contributed by atoms with Crippen LogP contribution < -0.4 is 4.74 Å². The van der Waals surface area contributed by atoms with Gasteiger partial charge in [-0.15, -0.1) is 0 Å². The van der Waals surface area contributed by atoms with Crippen LogP contribution in [0.5, 0.6) is 5.75 Å². The van der Waals surface area contributed by atoms with Crippen molar-refractivity contribution in [2.24, 2.45) is 10.8 Å². The van der Waals surface area contributed by atoms with Gasteiger partial charge in [0.1, 0.15) is 12.4 Å². The Kier molecular flexibility index (Phi) is 3.59. The highest BCUT2D eigenvalue weighted by Gasteiger charge is 2.80. The molecule has 0 unspecified atom stereocenters. The molecule has 1 saturated heterocycles. The Hall–Kier alpha value is -2.08. The van der Waals surface area contributed by atoms with Crippen molar-refractivity contribution in [2.45, 2.75) is 20.3 Å². The Morgan fingerprint density at radius 2 is 1.78 bits per heavy atom. The van der Waals surface area contributed by atoms with Crippen LogP contribution in [0.3, 0.4) is 0 Å². The molecule has 124 valence electrons. The van der Waals surface area contributed by atoms with Gasteiger partial charge in [-0.05, 0) is 31.9 Å². The van der Waals surface area contributed by atoms with Gasteiger partial charge in [-0.25, -0.2) is 0 Å². The number of aryl methyl sites for hydroxylation is 2. The fourth-order valence-electron chi connectivity index (χ4n) is 3.80. The Morgan fingerprint density at radius 3 is 2.30 bits per heavy atom. The molecule has 2 fully saturated rings. The van der Waals surface area contributed by atoms with Gasteiger partial charge >= 0.3 is 11.9 Å². The maximum atomic E-state index is 11.5. The Labute approximate surface area is 134 Å². The summed E-state index contributed by atoms with van der Waals surface area (Å²) in [6, 6.07) is 5.94. The molecule has 0 spiro atoms. The standard InChI is InChI=1S/C17H21NO5/c1-11-3-4-13(12(2)7-11)23-6-5-18-9-16(14(19)20)8-17(16,10-18)15(21)22/h3-4,7H,5-6,8-10H2,1-2H3,(H,19,20)(H,21,22)/t16-,17+. The fourth-order valence-corrected chi connectivity index (χ4v) is 3.80. The molecule has 1 aliphatic carbocycles. The summed E-state index contributed by atoms with van der Waals surface area (Å²) in [6.45, 7) is 5.50. The number of aliphatic carboxylic acids is 2. The third kappa shape index (κ3) is 2.37. The first-order valence-corrected chi connectivity index (χ1v) is 7.70. The number of rotatable bonds is 6. The van der Waals surface area contributed by atoms with E-state index in [0.29, 0.717) is 13.2 Å². The average Bonchev–Trinajstić information content (AvgIpc) is 3.01. The molecule has 6 nitrogen and oxygen atoms in total. The van der Waals surface area contributed by atoms with Crippen molar-refractivity contribution in [3.63, 3.8) is 0 Å². The molecule has 1 heterocycles. The molecule has 2 atom stereocenters. The third-order valence-corrected chi connectivity index (χ3v) is 5.20. The molecule has 1 aromatic rings. The average molecular weight is 319 g/mol. The molecule has 1 aliphatic heterocycles. The summed E-state index contributed by atoms with van der Waals surface area (Å²) in [5.41, 5.74) is -0.00317. The van der Waals surface area contributed by atoms with Gasteiger partial charge in [0.25, 0.3) is 0 Å². The van der Waals surface area contributed by atoms with Gasteiger partial charge in [0.2, 0.25) is 0 Å². The third-order valence-electron chi connectivity index (χ3n) is 5.20. The summed E-state index contributed by atoms with van der Waals surface area (Å²) in [5.74, 6) is -1.20. The van der Waals surface area contributed by atoms with Crippen LogP contribution in [0.25, 0.3) is 0 Å². The van der Waals surface area contributed by atoms with Crippen molar-refractivity contribution in [3.05, 3.63) is 29.3 Å². The van der Waals surface area contributed by atoms with Crippen molar-refractivity contribution in [2.75, 3.05) is 26.2 Å². The Morgan fingerprint density at radius 1 is 1.17 bits per heavy atom. The minimum Gasteiger partial charge on any atom is -0.492 e. The summed E-state index contributed by atoms with van der Waals surface area (Å²) in [4.78, 5) is 24.8. The Balaban J connectivity index is 1.59. The molecule has 2 N–H and O–H groups in total. The number of piperidine rings is 1. The van der Waals surface area contributed by atoms with Gasteiger partial charge in [0.05, 0.1) is 10.8 Å². The van der Waals surface area contributed by atoms with E-state index in [1.54, 1.807) is 0 Å². The van der Waals surface area contributed by atoms with E-state index >= 15 is 0 Å². The number of fused-ring (bicyclic) bond motifs is 1. The van der Waals surface area contributed by atoms with Crippen molar-refractivity contribution in [1.82, 2.24) is 4.90 Å². The molecule has 1 aromatic carbocycles. The molecule has 6 heteroatoms. The maximum absolute atomic E-state index is 11.5. The highest BCUT2D eigenvalue weighted by Crippen LogP contribution is 2.68. The molecule has 23 heavy (non-hydrogen) atoms. The summed E-state index contributed by atoms with van der Waals surface area (Å²) in [5, 5.41) is 18.8. The molecular weight excluding hydrogens is 298 g/mol. The molecule has 0 amide bonds. The van der Waals surface area contributed by atoms with E-state index in [4.69, 9.17) is 4.74 Å². The van der Waals surface area contributed by atoms with Gasteiger partial charge in [-0.1, -0.05) is 17.7 Å². The molecule has 0 bridgehead atoms. The molecular formula is C17H21NO5. The second-order valence-corrected chi connectivity index (χ2v) is 6.78. The lowest BCUT2D eigenvalue weighted by Gasteiger charge is -2.20. The smallest absolute Gasteiger partial charge is 0.312 e. The van der Waals surface area contributed by atoms with Crippen LogP contribution in [0, 0.1) is 24.7 Å². The van der Waals surface area contributed by atoms with Gasteiger partial charge in [-0.2, -0.15) is 0 Å². The lowest BCUT2D eigenvalue weighted by Crippen LogP contribution is -2.32. The van der Waals surface area contributed by atoms with E-state index in [1.807, 2.05) is 36.9 Å². The lowest BCUT2D eigenvalue weighted by atomic mass is 9.97. The van der Waals surface area contributed by atoms with E-state index in [2.05, 4.69) is 0 Å². The van der Waals surface area contributed by atoms with Crippen molar-refractivity contribution >= 4 is 11.9 Å². The van der Waals surface area contributed by atoms with E-state index in [0.717, 1.165) is 11.3 Å². The quantitative estimate of drug-likeness (QED) is 0.827. The van der Waals surface area contributed by atoms with Gasteiger partial charge in [-0.3, -0.25) is 14.5 Å². The van der Waals surface area contributed by atoms with Crippen LogP contribution in [0.4, 0.5) is 0 Å². The largest absolute Gasteiger partial charge is 0.492 e. The van der Waals surface area contributed by atoms with Gasteiger partial charge < -0.3 is 14.9 Å². The van der Waals surface area contributed by atoms with Gasteiger partial charge in [0.15, 0.2) is 0 Å². The van der Waals surface area contributed by atoms with E-state index in [-0.39, 0.29) is 19.5 Å². The van der Waals surface area contributed by atoms with Crippen LogP contribution in [0.1, 0.15) is 17.5 Å². The topological polar surface area (TPSA) is 87.1 Å². The van der Waals surface area contributed by atoms with Crippen LogP contribution in [-0.4, -0.2) is 53.3 Å². The number of ether oxygens (including phenoxy) is 1. The molecule has 0 aromatic heterocycles. The minimum absolute atomic E-state index is 0.235. The number of benzene rings is 1. The molecule has 2 aliphatic rings. The molecule has 0 radical (unpaired) electrons. The lowest BCUT2D eigenvalue weighted by molar-refractivity contribution is -0.151.